The molecule has 1 N–H and O–H groups in total. The largest absolute Gasteiger partial charge is 0.471 e. The molecule has 1 atom stereocenters. The molecular weight excluding hydrogens is 240 g/mol. The average molecular weight is 260 g/mol. The van der Waals surface area contributed by atoms with Crippen LogP contribution in [0.4, 0.5) is 0 Å². The minimum absolute atomic E-state index is 0.0901. The van der Waals surface area contributed by atoms with E-state index in [4.69, 9.17) is 4.74 Å². The highest BCUT2D eigenvalue weighted by Gasteiger charge is 2.20. The first kappa shape index (κ1) is 13.8. The van der Waals surface area contributed by atoms with Crippen molar-refractivity contribution in [3.05, 3.63) is 16.8 Å². The summed E-state index contributed by atoms with van der Waals surface area (Å²) in [4.78, 5) is 0. The van der Waals surface area contributed by atoms with Crippen LogP contribution in [0.5, 0.6) is 5.88 Å². The normalized spacial score (nSPS) is 18.9. The van der Waals surface area contributed by atoms with Crippen LogP contribution in [-0.2, 0) is 12.8 Å². The van der Waals surface area contributed by atoms with Crippen LogP contribution < -0.4 is 10.1 Å². The smallest absolute Gasteiger partial charge is 0.252 e. The van der Waals surface area contributed by atoms with Gasteiger partial charge in [0.1, 0.15) is 17.7 Å². The minimum Gasteiger partial charge on any atom is -0.471 e. The summed E-state index contributed by atoms with van der Waals surface area (Å²) in [6.07, 6.45) is 3.74. The summed E-state index contributed by atoms with van der Waals surface area (Å²) in [5.74, 6) is 0.394. The molecule has 0 radical (unpaired) electrons. The molecule has 0 spiro atoms. The van der Waals surface area contributed by atoms with Gasteiger partial charge in [-0.1, -0.05) is 13.8 Å². The Balaban J connectivity index is 2.27. The first-order chi connectivity index (χ1) is 9.30. The van der Waals surface area contributed by atoms with Gasteiger partial charge in [0.25, 0.3) is 5.88 Å². The Hall–Kier alpha value is -1.67. The van der Waals surface area contributed by atoms with Crippen molar-refractivity contribution in [1.82, 2.24) is 15.5 Å². The summed E-state index contributed by atoms with van der Waals surface area (Å²) in [5.41, 5.74) is 2.42. The monoisotopic (exact) mass is 260 g/mol. The molecule has 1 aromatic rings. The SMILES string of the molecule is CCc1nnc(OC2CCCNC2)c(C#N)c1CC. The molecule has 5 heteroatoms. The van der Waals surface area contributed by atoms with E-state index in [9.17, 15) is 5.26 Å². The Kier molecular flexibility index (Phi) is 4.69. The average Bonchev–Trinajstić information content (AvgIpc) is 2.47. The zero-order valence-electron chi connectivity index (χ0n) is 11.6. The number of ether oxygens (including phenoxy) is 1. The van der Waals surface area contributed by atoms with Gasteiger partial charge < -0.3 is 10.1 Å². The zero-order chi connectivity index (χ0) is 13.7. The second-order valence-electron chi connectivity index (χ2n) is 4.71. The Morgan fingerprint density at radius 3 is 2.79 bits per heavy atom. The number of nitrogens with one attached hydrogen (secondary N) is 1. The van der Waals surface area contributed by atoms with Crippen LogP contribution in [0.2, 0.25) is 0 Å². The molecule has 1 fully saturated rings. The van der Waals surface area contributed by atoms with E-state index >= 15 is 0 Å². The fourth-order valence-electron chi connectivity index (χ4n) is 2.43. The molecule has 0 amide bonds. The van der Waals surface area contributed by atoms with E-state index in [2.05, 4.69) is 21.6 Å². The van der Waals surface area contributed by atoms with Crippen molar-refractivity contribution in [2.45, 2.75) is 45.6 Å². The lowest BCUT2D eigenvalue weighted by atomic mass is 10.0. The minimum atomic E-state index is 0.0901. The fourth-order valence-corrected chi connectivity index (χ4v) is 2.43. The van der Waals surface area contributed by atoms with Crippen LogP contribution in [-0.4, -0.2) is 29.4 Å². The predicted molar refractivity (Wildman–Crippen MR) is 72.0 cm³/mol. The van der Waals surface area contributed by atoms with Crippen molar-refractivity contribution < 1.29 is 4.74 Å². The number of hydrogen-bond acceptors (Lipinski definition) is 5. The predicted octanol–water partition coefficient (Wildman–Crippen LogP) is 1.60. The summed E-state index contributed by atoms with van der Waals surface area (Å²) < 4.78 is 5.86. The molecule has 0 saturated carbocycles. The van der Waals surface area contributed by atoms with Crippen LogP contribution in [0.25, 0.3) is 0 Å². The lowest BCUT2D eigenvalue weighted by Gasteiger charge is -2.24. The molecule has 1 unspecified atom stereocenters. The third kappa shape index (κ3) is 3.02. The number of aromatic nitrogens is 2. The molecule has 1 aromatic heterocycles. The maximum absolute atomic E-state index is 9.37. The van der Waals surface area contributed by atoms with Crippen LogP contribution in [0.3, 0.4) is 0 Å². The van der Waals surface area contributed by atoms with E-state index < -0.39 is 0 Å². The van der Waals surface area contributed by atoms with E-state index in [1.807, 2.05) is 13.8 Å². The molecule has 1 saturated heterocycles. The molecule has 1 aliphatic rings. The van der Waals surface area contributed by atoms with Crippen LogP contribution in [0.1, 0.15) is 43.5 Å². The van der Waals surface area contributed by atoms with E-state index in [0.29, 0.717) is 11.4 Å². The lowest BCUT2D eigenvalue weighted by molar-refractivity contribution is 0.158. The van der Waals surface area contributed by atoms with Gasteiger partial charge in [0.15, 0.2) is 0 Å². The van der Waals surface area contributed by atoms with Crippen molar-refractivity contribution in [2.75, 3.05) is 13.1 Å². The van der Waals surface area contributed by atoms with Crippen molar-refractivity contribution in [1.29, 1.82) is 5.26 Å². The van der Waals surface area contributed by atoms with Gasteiger partial charge in [0.2, 0.25) is 0 Å². The maximum atomic E-state index is 9.37. The summed E-state index contributed by atoms with van der Waals surface area (Å²) in [7, 11) is 0. The number of nitrogens with zero attached hydrogens (tertiary/aromatic N) is 3. The Bertz CT molecular complexity index is 475. The summed E-state index contributed by atoms with van der Waals surface area (Å²) in [6, 6.07) is 2.23. The van der Waals surface area contributed by atoms with Gasteiger partial charge in [0.05, 0.1) is 5.69 Å². The quantitative estimate of drug-likeness (QED) is 0.890. The fraction of sp³-hybridized carbons (Fsp3) is 0.643. The van der Waals surface area contributed by atoms with Gasteiger partial charge in [-0.15, -0.1) is 5.10 Å². The number of aryl methyl sites for hydroxylation is 1. The standard InChI is InChI=1S/C14H20N4O/c1-3-11-12(8-15)14(18-17-13(11)4-2)19-10-6-5-7-16-9-10/h10,16H,3-7,9H2,1-2H3. The molecule has 2 rings (SSSR count). The zero-order valence-corrected chi connectivity index (χ0v) is 11.6. The van der Waals surface area contributed by atoms with Gasteiger partial charge in [-0.25, -0.2) is 0 Å². The van der Waals surface area contributed by atoms with Gasteiger partial charge in [-0.2, -0.15) is 10.4 Å². The number of rotatable bonds is 4. The summed E-state index contributed by atoms with van der Waals surface area (Å²) >= 11 is 0. The molecule has 0 aromatic carbocycles. The molecular formula is C14H20N4O. The van der Waals surface area contributed by atoms with Gasteiger partial charge in [-0.3, -0.25) is 0 Å². The summed E-state index contributed by atoms with van der Waals surface area (Å²) in [6.45, 7) is 5.90. The maximum Gasteiger partial charge on any atom is 0.252 e. The lowest BCUT2D eigenvalue weighted by Crippen LogP contribution is -2.37. The van der Waals surface area contributed by atoms with Crippen LogP contribution in [0.15, 0.2) is 0 Å². The van der Waals surface area contributed by atoms with Crippen molar-refractivity contribution in [2.24, 2.45) is 0 Å². The molecule has 5 nitrogen and oxygen atoms in total. The van der Waals surface area contributed by atoms with E-state index in [1.54, 1.807) is 0 Å². The highest BCUT2D eigenvalue weighted by Crippen LogP contribution is 2.23. The van der Waals surface area contributed by atoms with E-state index in [-0.39, 0.29) is 6.10 Å². The molecule has 102 valence electrons. The van der Waals surface area contributed by atoms with E-state index in [1.165, 1.54) is 0 Å². The van der Waals surface area contributed by atoms with Gasteiger partial charge >= 0.3 is 0 Å². The number of hydrogen-bond donors (Lipinski definition) is 1. The Morgan fingerprint density at radius 1 is 1.37 bits per heavy atom. The van der Waals surface area contributed by atoms with Crippen molar-refractivity contribution >= 4 is 0 Å². The Labute approximate surface area is 114 Å². The first-order valence-electron chi connectivity index (χ1n) is 6.96. The third-order valence-electron chi connectivity index (χ3n) is 3.46. The number of piperidine rings is 1. The molecule has 1 aliphatic heterocycles. The van der Waals surface area contributed by atoms with Crippen molar-refractivity contribution in [3.63, 3.8) is 0 Å². The molecule has 0 aliphatic carbocycles. The van der Waals surface area contributed by atoms with Gasteiger partial charge in [0, 0.05) is 6.54 Å². The van der Waals surface area contributed by atoms with Crippen molar-refractivity contribution in [3.8, 4) is 11.9 Å². The molecule has 2 heterocycles. The molecule has 0 bridgehead atoms. The number of nitriles is 1. The van der Waals surface area contributed by atoms with Gasteiger partial charge in [-0.05, 0) is 37.8 Å². The first-order valence-corrected chi connectivity index (χ1v) is 6.96. The topological polar surface area (TPSA) is 70.8 Å². The Morgan fingerprint density at radius 2 is 2.21 bits per heavy atom. The van der Waals surface area contributed by atoms with Crippen LogP contribution in [0, 0.1) is 11.3 Å². The van der Waals surface area contributed by atoms with Crippen LogP contribution >= 0.6 is 0 Å². The highest BCUT2D eigenvalue weighted by atomic mass is 16.5. The third-order valence-corrected chi connectivity index (χ3v) is 3.46. The second-order valence-corrected chi connectivity index (χ2v) is 4.71. The molecule has 19 heavy (non-hydrogen) atoms. The second kappa shape index (κ2) is 6.48. The summed E-state index contributed by atoms with van der Waals surface area (Å²) in [5, 5.41) is 21.0. The highest BCUT2D eigenvalue weighted by molar-refractivity contribution is 5.46. The van der Waals surface area contributed by atoms with E-state index in [0.717, 1.165) is 50.0 Å².